The van der Waals surface area contributed by atoms with Crippen LogP contribution in [0.2, 0.25) is 10.0 Å². The molecule has 1 N–H and O–H groups in total. The van der Waals surface area contributed by atoms with Crippen LogP contribution in [0.15, 0.2) is 36.4 Å². The van der Waals surface area contributed by atoms with Crippen LogP contribution in [0, 0.1) is 5.82 Å². The van der Waals surface area contributed by atoms with E-state index in [1.807, 2.05) is 0 Å². The van der Waals surface area contributed by atoms with E-state index in [1.54, 1.807) is 49.2 Å². The number of hydrogen-bond donors (Lipinski definition) is 1. The number of amides is 1. The molecule has 25 heavy (non-hydrogen) atoms. The Kier molecular flexibility index (Phi) is 6.64. The molecule has 0 fully saturated rings. The molecule has 0 aliphatic heterocycles. The van der Waals surface area contributed by atoms with E-state index in [2.05, 4.69) is 5.32 Å². The lowest BCUT2D eigenvalue weighted by Crippen LogP contribution is -2.39. The van der Waals surface area contributed by atoms with Crippen LogP contribution in [0.1, 0.15) is 12.5 Å². The van der Waals surface area contributed by atoms with Crippen LogP contribution in [-0.2, 0) is 11.3 Å². The summed E-state index contributed by atoms with van der Waals surface area (Å²) in [5, 5.41) is 3.64. The topological polar surface area (TPSA) is 41.6 Å². The molecule has 2 rings (SSSR count). The minimum absolute atomic E-state index is 0.188. The Morgan fingerprint density at radius 3 is 2.64 bits per heavy atom. The third-order valence-electron chi connectivity index (χ3n) is 3.88. The van der Waals surface area contributed by atoms with Gasteiger partial charge in [0.2, 0.25) is 5.91 Å². The van der Waals surface area contributed by atoms with Crippen molar-refractivity contribution in [3.63, 3.8) is 0 Å². The summed E-state index contributed by atoms with van der Waals surface area (Å²) in [4.78, 5) is 14.2. The van der Waals surface area contributed by atoms with Crippen LogP contribution < -0.4 is 10.1 Å². The number of hydrogen-bond acceptors (Lipinski definition) is 3. The molecule has 0 aliphatic rings. The Bertz CT molecular complexity index is 771. The molecular weight excluding hydrogens is 366 g/mol. The summed E-state index contributed by atoms with van der Waals surface area (Å²) in [6.45, 7) is 2.16. The number of carbonyl (C=O) groups is 1. The van der Waals surface area contributed by atoms with Gasteiger partial charge >= 0.3 is 0 Å². The molecule has 1 unspecified atom stereocenters. The summed E-state index contributed by atoms with van der Waals surface area (Å²) in [5.74, 6) is -0.482. The smallest absolute Gasteiger partial charge is 0.241 e. The fraction of sp³-hybridized carbons (Fsp3) is 0.278. The first-order chi connectivity index (χ1) is 11.8. The van der Waals surface area contributed by atoms with E-state index in [9.17, 15) is 9.18 Å². The van der Waals surface area contributed by atoms with Crippen LogP contribution >= 0.6 is 23.2 Å². The average molecular weight is 385 g/mol. The first-order valence-electron chi connectivity index (χ1n) is 7.60. The van der Waals surface area contributed by atoms with Crippen molar-refractivity contribution in [3.8, 4) is 5.75 Å². The number of carbonyl (C=O) groups excluding carboxylic acids is 1. The molecule has 2 aromatic rings. The van der Waals surface area contributed by atoms with Gasteiger partial charge in [-0.15, -0.1) is 0 Å². The number of methoxy groups -OCH3 is 1. The van der Waals surface area contributed by atoms with E-state index in [0.29, 0.717) is 22.3 Å². The molecule has 134 valence electrons. The van der Waals surface area contributed by atoms with Crippen LogP contribution in [-0.4, -0.2) is 31.0 Å². The third kappa shape index (κ3) is 5.08. The highest BCUT2D eigenvalue weighted by Gasteiger charge is 2.19. The highest BCUT2D eigenvalue weighted by molar-refractivity contribution is 6.35. The fourth-order valence-corrected chi connectivity index (χ4v) is 2.60. The van der Waals surface area contributed by atoms with Gasteiger partial charge in [-0.1, -0.05) is 29.3 Å². The molecule has 0 heterocycles. The summed E-state index contributed by atoms with van der Waals surface area (Å²) in [5.41, 5.74) is 1.19. The molecule has 0 bridgehead atoms. The van der Waals surface area contributed by atoms with E-state index in [-0.39, 0.29) is 11.7 Å². The van der Waals surface area contributed by atoms with Crippen molar-refractivity contribution in [1.29, 1.82) is 0 Å². The van der Waals surface area contributed by atoms with Crippen molar-refractivity contribution >= 4 is 34.8 Å². The zero-order chi connectivity index (χ0) is 18.6. The number of nitrogens with one attached hydrogen (secondary N) is 1. The number of halogens is 3. The van der Waals surface area contributed by atoms with Crippen LogP contribution in [0.5, 0.6) is 5.75 Å². The molecule has 1 atom stereocenters. The van der Waals surface area contributed by atoms with Crippen LogP contribution in [0.4, 0.5) is 10.1 Å². The predicted molar refractivity (Wildman–Crippen MR) is 99.0 cm³/mol. The average Bonchev–Trinajstić information content (AvgIpc) is 2.57. The first-order valence-corrected chi connectivity index (χ1v) is 8.36. The lowest BCUT2D eigenvalue weighted by Gasteiger charge is -2.24. The van der Waals surface area contributed by atoms with Crippen molar-refractivity contribution in [3.05, 3.63) is 57.8 Å². The molecule has 0 saturated carbocycles. The summed E-state index contributed by atoms with van der Waals surface area (Å²) in [7, 11) is 3.20. The number of rotatable bonds is 6. The van der Waals surface area contributed by atoms with Crippen molar-refractivity contribution < 1.29 is 13.9 Å². The highest BCUT2D eigenvalue weighted by Crippen LogP contribution is 2.26. The summed E-state index contributed by atoms with van der Waals surface area (Å²) in [6, 6.07) is 9.12. The molecule has 0 aliphatic carbocycles. The lowest BCUT2D eigenvalue weighted by molar-refractivity contribution is -0.120. The van der Waals surface area contributed by atoms with Crippen molar-refractivity contribution in [2.45, 2.75) is 19.5 Å². The quantitative estimate of drug-likeness (QED) is 0.790. The number of benzene rings is 2. The molecule has 0 saturated heterocycles. The van der Waals surface area contributed by atoms with Gasteiger partial charge in [-0.05, 0) is 49.9 Å². The maximum atomic E-state index is 13.8. The summed E-state index contributed by atoms with van der Waals surface area (Å²) >= 11 is 12.0. The summed E-state index contributed by atoms with van der Waals surface area (Å²) in [6.07, 6.45) is 0. The van der Waals surface area contributed by atoms with Gasteiger partial charge < -0.3 is 10.1 Å². The third-order valence-corrected chi connectivity index (χ3v) is 4.44. The van der Waals surface area contributed by atoms with Gasteiger partial charge in [-0.3, -0.25) is 9.69 Å². The van der Waals surface area contributed by atoms with Gasteiger partial charge in [0, 0.05) is 11.6 Å². The minimum atomic E-state index is -0.458. The molecular formula is C18H19Cl2FN2O2. The van der Waals surface area contributed by atoms with Gasteiger partial charge in [0.25, 0.3) is 0 Å². The Hall–Kier alpha value is -1.82. The Morgan fingerprint density at radius 2 is 2.00 bits per heavy atom. The monoisotopic (exact) mass is 384 g/mol. The second-order valence-corrected chi connectivity index (χ2v) is 6.52. The maximum absolute atomic E-state index is 13.8. The standard InChI is InChI=1S/C18H19Cl2FN2O2/c1-11(18(24)22-16-9-13(19)5-6-14(16)20)23(2)10-12-4-7-17(25-3)15(21)8-12/h4-9,11H,10H2,1-3H3,(H,22,24). The van der Waals surface area contributed by atoms with E-state index in [4.69, 9.17) is 27.9 Å². The first kappa shape index (κ1) is 19.5. The van der Waals surface area contributed by atoms with E-state index in [1.165, 1.54) is 13.2 Å². The molecule has 0 radical (unpaired) electrons. The highest BCUT2D eigenvalue weighted by atomic mass is 35.5. The Balaban J connectivity index is 2.03. The fourth-order valence-electron chi connectivity index (χ4n) is 2.26. The molecule has 0 aromatic heterocycles. The van der Waals surface area contributed by atoms with Crippen LogP contribution in [0.3, 0.4) is 0 Å². The van der Waals surface area contributed by atoms with Crippen LogP contribution in [0.25, 0.3) is 0 Å². The summed E-state index contributed by atoms with van der Waals surface area (Å²) < 4.78 is 18.7. The lowest BCUT2D eigenvalue weighted by atomic mass is 10.1. The minimum Gasteiger partial charge on any atom is -0.494 e. The predicted octanol–water partition coefficient (Wildman–Crippen LogP) is 4.60. The van der Waals surface area contributed by atoms with Gasteiger partial charge in [0.15, 0.2) is 11.6 Å². The molecule has 4 nitrogen and oxygen atoms in total. The molecule has 1 amide bonds. The van der Waals surface area contributed by atoms with Gasteiger partial charge in [0.1, 0.15) is 0 Å². The molecule has 0 spiro atoms. The van der Waals surface area contributed by atoms with E-state index in [0.717, 1.165) is 5.56 Å². The second kappa shape index (κ2) is 8.52. The second-order valence-electron chi connectivity index (χ2n) is 5.67. The number of ether oxygens (including phenoxy) is 1. The number of anilines is 1. The van der Waals surface area contributed by atoms with Gasteiger partial charge in [-0.25, -0.2) is 4.39 Å². The van der Waals surface area contributed by atoms with E-state index >= 15 is 0 Å². The molecule has 2 aromatic carbocycles. The zero-order valence-electron chi connectivity index (χ0n) is 14.1. The normalized spacial score (nSPS) is 12.1. The van der Waals surface area contributed by atoms with Crippen molar-refractivity contribution in [1.82, 2.24) is 4.90 Å². The number of nitrogens with zero attached hydrogens (tertiary/aromatic N) is 1. The maximum Gasteiger partial charge on any atom is 0.241 e. The van der Waals surface area contributed by atoms with Crippen molar-refractivity contribution in [2.75, 3.05) is 19.5 Å². The van der Waals surface area contributed by atoms with Crippen molar-refractivity contribution in [2.24, 2.45) is 0 Å². The Labute approximate surface area is 156 Å². The van der Waals surface area contributed by atoms with E-state index < -0.39 is 11.9 Å². The molecule has 7 heteroatoms. The van der Waals surface area contributed by atoms with Gasteiger partial charge in [-0.2, -0.15) is 0 Å². The van der Waals surface area contributed by atoms with Gasteiger partial charge in [0.05, 0.1) is 23.9 Å². The zero-order valence-corrected chi connectivity index (χ0v) is 15.7. The Morgan fingerprint density at radius 1 is 1.28 bits per heavy atom. The SMILES string of the molecule is COc1ccc(CN(C)C(C)C(=O)Nc2cc(Cl)ccc2Cl)cc1F. The largest absolute Gasteiger partial charge is 0.494 e. The number of likely N-dealkylation sites (N-methyl/N-ethyl adjacent to an activating group) is 1.